The third-order valence-electron chi connectivity index (χ3n) is 6.10. The summed E-state index contributed by atoms with van der Waals surface area (Å²) in [5.41, 5.74) is 1.20. The Morgan fingerprint density at radius 2 is 1.82 bits per heavy atom. The van der Waals surface area contributed by atoms with Crippen LogP contribution in [0.15, 0.2) is 57.0 Å². The Kier molecular flexibility index (Phi) is 6.99. The smallest absolute Gasteiger partial charge is 0.341 e. The van der Waals surface area contributed by atoms with Gasteiger partial charge in [0.1, 0.15) is 17.1 Å². The fourth-order valence-corrected chi connectivity index (χ4v) is 4.50. The van der Waals surface area contributed by atoms with Gasteiger partial charge in [-0.15, -0.1) is 0 Å². The molecule has 0 bridgehead atoms. The minimum Gasteiger partial charge on any atom is -0.477 e. The van der Waals surface area contributed by atoms with Gasteiger partial charge in [0, 0.05) is 60.9 Å². The van der Waals surface area contributed by atoms with Crippen molar-refractivity contribution in [3.63, 3.8) is 0 Å². The lowest BCUT2D eigenvalue weighted by molar-refractivity contribution is 0.0695. The molecule has 0 atom stereocenters. The molecule has 0 radical (unpaired) electrons. The number of fused-ring (bicyclic) bond motifs is 1. The molecule has 34 heavy (non-hydrogen) atoms. The molecular weight excluding hydrogens is 507 g/mol. The van der Waals surface area contributed by atoms with Gasteiger partial charge in [0.05, 0.1) is 11.2 Å². The Morgan fingerprint density at radius 3 is 2.41 bits per heavy atom. The first-order chi connectivity index (χ1) is 16.3. The van der Waals surface area contributed by atoms with Gasteiger partial charge in [0.15, 0.2) is 0 Å². The highest BCUT2D eigenvalue weighted by Crippen LogP contribution is 2.26. The molecule has 1 aliphatic rings. The van der Waals surface area contributed by atoms with Crippen LogP contribution in [0.1, 0.15) is 22.8 Å². The van der Waals surface area contributed by atoms with Crippen LogP contribution in [0.5, 0.6) is 0 Å². The third-order valence-corrected chi connectivity index (χ3v) is 6.63. The van der Waals surface area contributed by atoms with Gasteiger partial charge in [-0.1, -0.05) is 33.2 Å². The summed E-state index contributed by atoms with van der Waals surface area (Å²) in [6.07, 6.45) is 1.31. The number of rotatable bonds is 6. The zero-order valence-electron chi connectivity index (χ0n) is 18.5. The van der Waals surface area contributed by atoms with Crippen molar-refractivity contribution in [2.24, 2.45) is 5.16 Å². The highest BCUT2D eigenvalue weighted by atomic mass is 79.9. The van der Waals surface area contributed by atoms with Crippen molar-refractivity contribution in [2.75, 3.05) is 37.6 Å². The third kappa shape index (κ3) is 4.69. The lowest BCUT2D eigenvalue weighted by atomic mass is 10.1. The van der Waals surface area contributed by atoms with Crippen LogP contribution < -0.4 is 10.3 Å². The van der Waals surface area contributed by atoms with Crippen LogP contribution >= 0.6 is 15.9 Å². The largest absolute Gasteiger partial charge is 0.477 e. The zero-order valence-corrected chi connectivity index (χ0v) is 20.1. The van der Waals surface area contributed by atoms with Gasteiger partial charge < -0.3 is 19.8 Å². The van der Waals surface area contributed by atoms with Gasteiger partial charge in [0.25, 0.3) is 0 Å². The van der Waals surface area contributed by atoms with Crippen LogP contribution in [0.3, 0.4) is 0 Å². The Bertz CT molecular complexity index is 1320. The second-order valence-corrected chi connectivity index (χ2v) is 9.02. The number of piperazine rings is 1. The molecule has 0 aliphatic carbocycles. The first-order valence-electron chi connectivity index (χ1n) is 10.9. The van der Waals surface area contributed by atoms with Gasteiger partial charge in [-0.3, -0.25) is 9.69 Å². The molecular formula is C24H24BrFN4O4. The number of oxime groups is 1. The molecule has 1 saturated heterocycles. The number of pyridine rings is 1. The topological polar surface area (TPSA) is 98.4 Å². The monoisotopic (exact) mass is 530 g/mol. The minimum absolute atomic E-state index is 0.0555. The number of anilines is 1. The second kappa shape index (κ2) is 9.94. The summed E-state index contributed by atoms with van der Waals surface area (Å²) in [5.74, 6) is -1.89. The number of hydrogen-bond acceptors (Lipinski definition) is 6. The molecule has 2 aromatic carbocycles. The number of carboxylic acid groups (broad SMARTS) is 1. The molecule has 1 fully saturated rings. The van der Waals surface area contributed by atoms with Crippen molar-refractivity contribution in [1.82, 2.24) is 9.47 Å². The molecule has 178 valence electrons. The average molecular weight is 531 g/mol. The van der Waals surface area contributed by atoms with Crippen molar-refractivity contribution < 1.29 is 19.5 Å². The molecule has 0 unspecified atom stereocenters. The van der Waals surface area contributed by atoms with Crippen LogP contribution in [-0.2, 0) is 6.54 Å². The number of halogens is 2. The van der Waals surface area contributed by atoms with Crippen LogP contribution in [0.4, 0.5) is 10.1 Å². The lowest BCUT2D eigenvalue weighted by Gasteiger charge is -2.36. The molecule has 3 aromatic rings. The van der Waals surface area contributed by atoms with E-state index >= 15 is 4.39 Å². The number of hydrogen-bond donors (Lipinski definition) is 2. The maximum absolute atomic E-state index is 15.1. The first kappa shape index (κ1) is 23.9. The van der Waals surface area contributed by atoms with E-state index in [-0.39, 0.29) is 10.9 Å². The molecule has 0 saturated carbocycles. The molecule has 10 heteroatoms. The molecule has 0 spiro atoms. The van der Waals surface area contributed by atoms with Gasteiger partial charge in [-0.05, 0) is 31.2 Å². The van der Waals surface area contributed by atoms with E-state index in [1.807, 2.05) is 36.1 Å². The van der Waals surface area contributed by atoms with E-state index in [1.165, 1.54) is 6.20 Å². The van der Waals surface area contributed by atoms with Gasteiger partial charge in [-0.25, -0.2) is 9.18 Å². The van der Waals surface area contributed by atoms with Crippen LogP contribution in [0.25, 0.3) is 10.9 Å². The quantitative estimate of drug-likeness (QED) is 0.287. The SMILES string of the molecule is CCn1cc(C(=O)O)c(=O)c2cc(F)c(N3CCN(C/C(=N/O)c4ccc(Br)cc4)CC3)cc21. The maximum Gasteiger partial charge on any atom is 0.341 e. The predicted octanol–water partition coefficient (Wildman–Crippen LogP) is 3.62. The standard InChI is InChI=1S/C24H24BrFN4O4/c1-2-29-13-18(24(32)33)23(31)17-11-19(26)22(12-21(17)29)30-9-7-28(8-10-30)14-20(27-34)15-3-5-16(25)6-4-15/h3-6,11-13,34H,2,7-10,14H2,1H3,(H,32,33)/b27-20-. The van der Waals surface area contributed by atoms with E-state index in [9.17, 15) is 19.9 Å². The summed E-state index contributed by atoms with van der Waals surface area (Å²) in [6.45, 7) is 5.09. The lowest BCUT2D eigenvalue weighted by Crippen LogP contribution is -2.48. The molecule has 8 nitrogen and oxygen atoms in total. The van der Waals surface area contributed by atoms with Crippen LogP contribution in [0, 0.1) is 5.82 Å². The summed E-state index contributed by atoms with van der Waals surface area (Å²) < 4.78 is 17.7. The molecule has 2 N–H and O–H groups in total. The van der Waals surface area contributed by atoms with Gasteiger partial charge >= 0.3 is 5.97 Å². The summed E-state index contributed by atoms with van der Waals surface area (Å²) in [7, 11) is 0. The number of nitrogens with zero attached hydrogens (tertiary/aromatic N) is 4. The van der Waals surface area contributed by atoms with E-state index in [2.05, 4.69) is 26.0 Å². The number of aromatic nitrogens is 1. The summed E-state index contributed by atoms with van der Waals surface area (Å²) >= 11 is 3.39. The van der Waals surface area contributed by atoms with Crippen LogP contribution in [-0.4, -0.2) is 64.2 Å². The number of carbonyl (C=O) groups is 1. The van der Waals surface area contributed by atoms with E-state index in [1.54, 1.807) is 10.6 Å². The van der Waals surface area contributed by atoms with Crippen molar-refractivity contribution in [3.05, 3.63) is 74.2 Å². The Hall–Kier alpha value is -3.24. The maximum atomic E-state index is 15.1. The minimum atomic E-state index is -1.33. The fraction of sp³-hybridized carbons (Fsp3) is 0.292. The van der Waals surface area contributed by atoms with E-state index in [4.69, 9.17) is 0 Å². The number of aryl methyl sites for hydroxylation is 1. The van der Waals surface area contributed by atoms with Gasteiger partial charge in [-0.2, -0.15) is 0 Å². The molecule has 0 amide bonds. The van der Waals surface area contributed by atoms with E-state index in [0.717, 1.165) is 16.1 Å². The van der Waals surface area contributed by atoms with Crippen molar-refractivity contribution in [1.29, 1.82) is 0 Å². The summed E-state index contributed by atoms with van der Waals surface area (Å²) in [4.78, 5) is 28.0. The number of aromatic carboxylic acids is 1. The predicted molar refractivity (Wildman–Crippen MR) is 132 cm³/mol. The normalized spacial score (nSPS) is 15.1. The highest BCUT2D eigenvalue weighted by molar-refractivity contribution is 9.10. The molecule has 4 rings (SSSR count). The average Bonchev–Trinajstić information content (AvgIpc) is 2.83. The highest BCUT2D eigenvalue weighted by Gasteiger charge is 2.23. The Labute approximate surface area is 203 Å². The zero-order chi connectivity index (χ0) is 24.4. The molecule has 1 aromatic heterocycles. The fourth-order valence-electron chi connectivity index (χ4n) is 4.24. The first-order valence-corrected chi connectivity index (χ1v) is 11.7. The van der Waals surface area contributed by atoms with Crippen molar-refractivity contribution >= 4 is 44.2 Å². The second-order valence-electron chi connectivity index (χ2n) is 8.10. The summed E-state index contributed by atoms with van der Waals surface area (Å²) in [5, 5.41) is 22.3. The molecule has 1 aliphatic heterocycles. The van der Waals surface area contributed by atoms with Gasteiger partial charge in [0.2, 0.25) is 5.43 Å². The Balaban J connectivity index is 1.54. The Morgan fingerprint density at radius 1 is 1.15 bits per heavy atom. The van der Waals surface area contributed by atoms with Crippen molar-refractivity contribution in [2.45, 2.75) is 13.5 Å². The van der Waals surface area contributed by atoms with Crippen molar-refractivity contribution in [3.8, 4) is 0 Å². The van der Waals surface area contributed by atoms with Crippen LogP contribution in [0.2, 0.25) is 0 Å². The number of carboxylic acids is 1. The summed E-state index contributed by atoms with van der Waals surface area (Å²) in [6, 6.07) is 10.3. The number of benzene rings is 2. The molecule has 2 heterocycles. The van der Waals surface area contributed by atoms with E-state index < -0.39 is 17.2 Å². The van der Waals surface area contributed by atoms with E-state index in [0.29, 0.717) is 56.2 Å².